The predicted octanol–water partition coefficient (Wildman–Crippen LogP) is 3.57. The Bertz CT molecular complexity index is 974. The Hall–Kier alpha value is -2.79. The number of allylic oxidation sites excluding steroid dienone is 8. The van der Waals surface area contributed by atoms with E-state index in [0.29, 0.717) is 22.5 Å². The molecule has 0 bridgehead atoms. The average molecular weight is 378 g/mol. The third-order valence-corrected chi connectivity index (χ3v) is 5.28. The van der Waals surface area contributed by atoms with E-state index in [2.05, 4.69) is 0 Å². The van der Waals surface area contributed by atoms with Crippen molar-refractivity contribution >= 4 is 34.9 Å². The van der Waals surface area contributed by atoms with Gasteiger partial charge in [0, 0.05) is 28.5 Å². The summed E-state index contributed by atoms with van der Waals surface area (Å²) in [6.45, 7) is 3.77. The SMILES string of the molecule is CC(C)C1=CC(=O)C(Cc2cccc(SC3=CC(=O)C=CC3=O)c2)=CC1=O. The number of carbonyl (C=O) groups is 4. The molecule has 0 amide bonds. The molecular weight excluding hydrogens is 360 g/mol. The number of hydrogen-bond acceptors (Lipinski definition) is 5. The summed E-state index contributed by atoms with van der Waals surface area (Å²) in [5.74, 6) is -0.660. The zero-order valence-electron chi connectivity index (χ0n) is 15.0. The van der Waals surface area contributed by atoms with E-state index < -0.39 is 0 Å². The molecule has 0 saturated carbocycles. The lowest BCUT2D eigenvalue weighted by atomic mass is 9.88. The second kappa shape index (κ2) is 7.84. The molecule has 0 spiro atoms. The summed E-state index contributed by atoms with van der Waals surface area (Å²) in [5.41, 5.74) is 1.85. The minimum Gasteiger partial charge on any atom is -0.290 e. The van der Waals surface area contributed by atoms with Crippen LogP contribution in [-0.4, -0.2) is 23.1 Å². The van der Waals surface area contributed by atoms with Gasteiger partial charge in [0.1, 0.15) is 0 Å². The first-order valence-corrected chi connectivity index (χ1v) is 9.41. The third kappa shape index (κ3) is 4.49. The van der Waals surface area contributed by atoms with Crippen LogP contribution in [0, 0.1) is 5.92 Å². The molecule has 0 radical (unpaired) electrons. The second-order valence-corrected chi connectivity index (χ2v) is 7.80. The van der Waals surface area contributed by atoms with E-state index in [4.69, 9.17) is 0 Å². The van der Waals surface area contributed by atoms with Gasteiger partial charge in [-0.25, -0.2) is 0 Å². The predicted molar refractivity (Wildman–Crippen MR) is 104 cm³/mol. The van der Waals surface area contributed by atoms with Crippen molar-refractivity contribution in [2.75, 3.05) is 0 Å². The Morgan fingerprint density at radius 1 is 0.889 bits per heavy atom. The van der Waals surface area contributed by atoms with Crippen molar-refractivity contribution in [1.82, 2.24) is 0 Å². The topological polar surface area (TPSA) is 68.3 Å². The smallest absolute Gasteiger partial charge is 0.192 e. The second-order valence-electron chi connectivity index (χ2n) is 6.69. The van der Waals surface area contributed by atoms with Crippen LogP contribution in [0.15, 0.2) is 75.6 Å². The molecular formula is C22H18O4S. The first-order valence-electron chi connectivity index (χ1n) is 8.59. The molecule has 0 N–H and O–H groups in total. The van der Waals surface area contributed by atoms with E-state index in [9.17, 15) is 19.2 Å². The summed E-state index contributed by atoms with van der Waals surface area (Å²) in [5, 5.41) is 0. The highest BCUT2D eigenvalue weighted by atomic mass is 32.2. The highest BCUT2D eigenvalue weighted by molar-refractivity contribution is 8.04. The maximum Gasteiger partial charge on any atom is 0.192 e. The van der Waals surface area contributed by atoms with Gasteiger partial charge in [0.05, 0.1) is 4.91 Å². The molecule has 4 nitrogen and oxygen atoms in total. The maximum atomic E-state index is 12.3. The van der Waals surface area contributed by atoms with Crippen molar-refractivity contribution in [2.45, 2.75) is 25.2 Å². The van der Waals surface area contributed by atoms with Gasteiger partial charge >= 0.3 is 0 Å². The van der Waals surface area contributed by atoms with E-state index in [0.717, 1.165) is 10.5 Å². The Labute approximate surface area is 161 Å². The molecule has 0 unspecified atom stereocenters. The van der Waals surface area contributed by atoms with Gasteiger partial charge in [-0.05, 0) is 47.9 Å². The average Bonchev–Trinajstić information content (AvgIpc) is 2.61. The van der Waals surface area contributed by atoms with Crippen LogP contribution in [0.2, 0.25) is 0 Å². The van der Waals surface area contributed by atoms with Gasteiger partial charge in [-0.3, -0.25) is 19.2 Å². The molecule has 0 heterocycles. The zero-order chi connectivity index (χ0) is 19.6. The van der Waals surface area contributed by atoms with Crippen LogP contribution < -0.4 is 0 Å². The van der Waals surface area contributed by atoms with E-state index in [-0.39, 0.29) is 29.1 Å². The van der Waals surface area contributed by atoms with Crippen molar-refractivity contribution in [3.8, 4) is 0 Å². The van der Waals surface area contributed by atoms with E-state index in [1.165, 1.54) is 42.1 Å². The fourth-order valence-corrected chi connectivity index (χ4v) is 3.80. The summed E-state index contributed by atoms with van der Waals surface area (Å²) < 4.78 is 0. The van der Waals surface area contributed by atoms with Gasteiger partial charge in [0.15, 0.2) is 23.1 Å². The summed E-state index contributed by atoms with van der Waals surface area (Å²) in [6, 6.07) is 7.40. The van der Waals surface area contributed by atoms with Gasteiger partial charge < -0.3 is 0 Å². The number of carbonyl (C=O) groups excluding carboxylic acids is 4. The molecule has 0 fully saturated rings. The van der Waals surface area contributed by atoms with E-state index >= 15 is 0 Å². The Kier molecular flexibility index (Phi) is 5.51. The molecule has 136 valence electrons. The normalized spacial score (nSPS) is 17.2. The molecule has 3 rings (SSSR count). The highest BCUT2D eigenvalue weighted by Gasteiger charge is 2.22. The molecule has 0 atom stereocenters. The van der Waals surface area contributed by atoms with E-state index in [1.807, 2.05) is 38.1 Å². The Balaban J connectivity index is 1.76. The molecule has 0 aromatic heterocycles. The van der Waals surface area contributed by atoms with Crippen molar-refractivity contribution < 1.29 is 19.2 Å². The lowest BCUT2D eigenvalue weighted by molar-refractivity contribution is -0.115. The van der Waals surface area contributed by atoms with Crippen LogP contribution in [-0.2, 0) is 25.6 Å². The van der Waals surface area contributed by atoms with Gasteiger partial charge in [-0.1, -0.05) is 37.7 Å². The van der Waals surface area contributed by atoms with Gasteiger partial charge in [-0.15, -0.1) is 0 Å². The summed E-state index contributed by atoms with van der Waals surface area (Å²) >= 11 is 1.21. The lowest BCUT2D eigenvalue weighted by Gasteiger charge is -2.15. The van der Waals surface area contributed by atoms with Crippen LogP contribution >= 0.6 is 11.8 Å². The minimum atomic E-state index is -0.211. The molecule has 2 aliphatic carbocycles. The Morgan fingerprint density at radius 2 is 1.67 bits per heavy atom. The van der Waals surface area contributed by atoms with E-state index in [1.54, 1.807) is 0 Å². The monoisotopic (exact) mass is 378 g/mol. The van der Waals surface area contributed by atoms with Gasteiger partial charge in [0.25, 0.3) is 0 Å². The van der Waals surface area contributed by atoms with Crippen LogP contribution in [0.4, 0.5) is 0 Å². The van der Waals surface area contributed by atoms with Crippen molar-refractivity contribution in [3.63, 3.8) is 0 Å². The summed E-state index contributed by atoms with van der Waals surface area (Å²) in [7, 11) is 0. The minimum absolute atomic E-state index is 0.0112. The fraction of sp³-hybridized carbons (Fsp3) is 0.182. The molecule has 2 aliphatic rings. The van der Waals surface area contributed by atoms with Crippen LogP contribution in [0.25, 0.3) is 0 Å². The number of rotatable bonds is 5. The fourth-order valence-electron chi connectivity index (χ4n) is 2.84. The molecule has 0 aliphatic heterocycles. The number of ketones is 4. The standard InChI is InChI=1S/C22H18O4S/c1-13(2)18-12-20(25)15(10-21(18)26)8-14-4-3-5-17(9-14)27-22-11-16(23)6-7-19(22)24/h3-7,9-13H,8H2,1-2H3. The number of benzene rings is 1. The molecule has 27 heavy (non-hydrogen) atoms. The van der Waals surface area contributed by atoms with Crippen molar-refractivity contribution in [1.29, 1.82) is 0 Å². The van der Waals surface area contributed by atoms with Crippen LogP contribution in [0.5, 0.6) is 0 Å². The first kappa shape index (κ1) is 19.0. The molecule has 1 aromatic carbocycles. The van der Waals surface area contributed by atoms with Crippen molar-refractivity contribution in [3.05, 3.63) is 76.3 Å². The molecule has 1 aromatic rings. The lowest BCUT2D eigenvalue weighted by Crippen LogP contribution is -2.17. The summed E-state index contributed by atoms with van der Waals surface area (Å²) in [6.07, 6.45) is 7.04. The van der Waals surface area contributed by atoms with Crippen LogP contribution in [0.1, 0.15) is 19.4 Å². The molecule has 0 saturated heterocycles. The van der Waals surface area contributed by atoms with Gasteiger partial charge in [-0.2, -0.15) is 0 Å². The zero-order valence-corrected chi connectivity index (χ0v) is 15.8. The first-order chi connectivity index (χ1) is 12.8. The molecule has 5 heteroatoms. The van der Waals surface area contributed by atoms with Crippen LogP contribution in [0.3, 0.4) is 0 Å². The van der Waals surface area contributed by atoms with Crippen molar-refractivity contribution in [2.24, 2.45) is 5.92 Å². The quantitative estimate of drug-likeness (QED) is 0.733. The number of hydrogen-bond donors (Lipinski definition) is 0. The number of thioether (sulfide) groups is 1. The Morgan fingerprint density at radius 3 is 2.41 bits per heavy atom. The summed E-state index contributed by atoms with van der Waals surface area (Å²) in [4.78, 5) is 49.1. The maximum absolute atomic E-state index is 12.3. The highest BCUT2D eigenvalue weighted by Crippen LogP contribution is 2.30. The largest absolute Gasteiger partial charge is 0.290 e. The third-order valence-electron chi connectivity index (χ3n) is 4.25. The van der Waals surface area contributed by atoms with Gasteiger partial charge in [0.2, 0.25) is 0 Å².